The molecule has 4 rings (SSSR count). The lowest BCUT2D eigenvalue weighted by atomic mass is 9.87. The number of piperidine rings is 1. The van der Waals surface area contributed by atoms with E-state index in [2.05, 4.69) is 9.98 Å². The molecule has 1 aromatic rings. The first-order valence-electron chi connectivity index (χ1n) is 10.3. The Kier molecular flexibility index (Phi) is 5.08. The maximum Gasteiger partial charge on any atom is 0.418 e. The van der Waals surface area contributed by atoms with Crippen LogP contribution in [0, 0.1) is 0 Å². The molecular formula is C20H27F3N6. The van der Waals surface area contributed by atoms with Crippen LogP contribution in [-0.2, 0) is 6.18 Å². The molecule has 0 amide bonds. The topological polar surface area (TPSA) is 83.2 Å². The number of halogens is 3. The predicted molar refractivity (Wildman–Crippen MR) is 109 cm³/mol. The molecule has 2 heterocycles. The van der Waals surface area contributed by atoms with Crippen molar-refractivity contribution in [2.75, 3.05) is 22.9 Å². The minimum absolute atomic E-state index is 0.00217. The molecule has 0 atom stereocenters. The molecule has 0 unspecified atom stereocenters. The molecule has 0 radical (unpaired) electrons. The van der Waals surface area contributed by atoms with Crippen molar-refractivity contribution in [3.05, 3.63) is 23.8 Å². The number of hydrogen-bond acceptors (Lipinski definition) is 6. The van der Waals surface area contributed by atoms with Crippen LogP contribution >= 0.6 is 0 Å². The zero-order valence-corrected chi connectivity index (χ0v) is 16.4. The van der Waals surface area contributed by atoms with E-state index in [1.165, 1.54) is 17.0 Å². The minimum atomic E-state index is -4.52. The van der Waals surface area contributed by atoms with Crippen molar-refractivity contribution in [1.82, 2.24) is 0 Å². The van der Waals surface area contributed by atoms with Gasteiger partial charge in [0.1, 0.15) is 5.66 Å². The smallest absolute Gasteiger partial charge is 0.372 e. The van der Waals surface area contributed by atoms with E-state index < -0.39 is 17.4 Å². The van der Waals surface area contributed by atoms with E-state index in [0.717, 1.165) is 51.6 Å². The first-order chi connectivity index (χ1) is 13.8. The number of benzene rings is 1. The third kappa shape index (κ3) is 3.74. The quantitative estimate of drug-likeness (QED) is 0.780. The Morgan fingerprint density at radius 1 is 0.931 bits per heavy atom. The highest BCUT2D eigenvalue weighted by molar-refractivity contribution is 6.06. The molecule has 0 aromatic heterocycles. The summed E-state index contributed by atoms with van der Waals surface area (Å²) in [4.78, 5) is 12.0. The molecule has 9 heteroatoms. The van der Waals surface area contributed by atoms with E-state index in [4.69, 9.17) is 11.5 Å². The van der Waals surface area contributed by atoms with Crippen LogP contribution in [-0.4, -0.2) is 30.7 Å². The molecule has 6 nitrogen and oxygen atoms in total. The largest absolute Gasteiger partial charge is 0.418 e. The summed E-state index contributed by atoms with van der Waals surface area (Å²) in [5.74, 6) is -0.00484. The summed E-state index contributed by atoms with van der Waals surface area (Å²) in [6.07, 6.45) is 2.49. The van der Waals surface area contributed by atoms with Crippen LogP contribution < -0.4 is 21.3 Å². The molecule has 2 fully saturated rings. The average Bonchev–Trinajstić information content (AvgIpc) is 2.68. The standard InChI is InChI=1S/C20H27F3N6/c21-20(22,23)15-13-14(28-11-5-2-6-12-28)7-8-16(15)29-18(25)26-17(24)27-19(29)9-3-1-4-10-19/h7-8,13H,1-6,9-12H2,(H4,24,25,26,27). The van der Waals surface area contributed by atoms with Crippen LogP contribution in [0.4, 0.5) is 24.5 Å². The zero-order chi connectivity index (χ0) is 20.6. The number of aliphatic imine (C=N–C) groups is 2. The highest BCUT2D eigenvalue weighted by Crippen LogP contribution is 2.45. The van der Waals surface area contributed by atoms with Crippen molar-refractivity contribution >= 4 is 23.3 Å². The highest BCUT2D eigenvalue weighted by atomic mass is 19.4. The molecule has 3 aliphatic rings. The Morgan fingerprint density at radius 2 is 1.59 bits per heavy atom. The number of guanidine groups is 2. The summed E-state index contributed by atoms with van der Waals surface area (Å²) >= 11 is 0. The maximum absolute atomic E-state index is 14.1. The molecule has 0 bridgehead atoms. The third-order valence-electron chi connectivity index (χ3n) is 6.10. The predicted octanol–water partition coefficient (Wildman–Crippen LogP) is 3.81. The number of nitrogens with two attached hydrogens (primary N) is 2. The highest BCUT2D eigenvalue weighted by Gasteiger charge is 2.46. The molecular weight excluding hydrogens is 381 g/mol. The SMILES string of the molecule is NC1=NC2(CCCCC2)N(c2ccc(N3CCCCC3)cc2C(F)(F)F)C(N)=N1. The number of anilines is 2. The van der Waals surface area contributed by atoms with Crippen molar-refractivity contribution in [3.8, 4) is 0 Å². The van der Waals surface area contributed by atoms with Crippen molar-refractivity contribution < 1.29 is 13.2 Å². The molecule has 2 aliphatic heterocycles. The fourth-order valence-corrected chi connectivity index (χ4v) is 4.76. The van der Waals surface area contributed by atoms with Crippen molar-refractivity contribution in [2.24, 2.45) is 21.5 Å². The van der Waals surface area contributed by atoms with E-state index in [-0.39, 0.29) is 17.6 Å². The summed E-state index contributed by atoms with van der Waals surface area (Å²) in [7, 11) is 0. The van der Waals surface area contributed by atoms with Gasteiger partial charge in [0.25, 0.3) is 0 Å². The Bertz CT molecular complexity index is 820. The minimum Gasteiger partial charge on any atom is -0.372 e. The summed E-state index contributed by atoms with van der Waals surface area (Å²) in [6.45, 7) is 1.55. The van der Waals surface area contributed by atoms with Gasteiger partial charge in [-0.1, -0.05) is 6.42 Å². The second-order valence-corrected chi connectivity index (χ2v) is 8.07. The van der Waals surface area contributed by atoms with Crippen LogP contribution in [0.1, 0.15) is 56.9 Å². The number of hydrogen-bond donors (Lipinski definition) is 2. The lowest BCUT2D eigenvalue weighted by Crippen LogP contribution is -2.58. The van der Waals surface area contributed by atoms with Gasteiger partial charge in [0.05, 0.1) is 11.3 Å². The van der Waals surface area contributed by atoms with Gasteiger partial charge in [-0.05, 0) is 63.1 Å². The van der Waals surface area contributed by atoms with Crippen LogP contribution in [0.3, 0.4) is 0 Å². The van der Waals surface area contributed by atoms with Gasteiger partial charge < -0.3 is 16.4 Å². The van der Waals surface area contributed by atoms with E-state index in [0.29, 0.717) is 18.5 Å². The first kappa shape index (κ1) is 19.8. The van der Waals surface area contributed by atoms with Crippen molar-refractivity contribution in [2.45, 2.75) is 63.2 Å². The molecule has 4 N–H and O–H groups in total. The monoisotopic (exact) mass is 408 g/mol. The summed E-state index contributed by atoms with van der Waals surface area (Å²) < 4.78 is 42.4. The maximum atomic E-state index is 14.1. The lowest BCUT2D eigenvalue weighted by Gasteiger charge is -2.46. The molecule has 1 aliphatic carbocycles. The van der Waals surface area contributed by atoms with Gasteiger partial charge in [0.15, 0.2) is 0 Å². The molecule has 29 heavy (non-hydrogen) atoms. The van der Waals surface area contributed by atoms with Gasteiger partial charge in [0, 0.05) is 18.8 Å². The summed E-state index contributed by atoms with van der Waals surface area (Å²) in [5.41, 5.74) is 11.0. The Hall–Kier alpha value is -2.45. The Labute approximate surface area is 168 Å². The van der Waals surface area contributed by atoms with E-state index >= 15 is 0 Å². The second-order valence-electron chi connectivity index (χ2n) is 8.07. The Morgan fingerprint density at radius 3 is 2.24 bits per heavy atom. The number of rotatable bonds is 2. The van der Waals surface area contributed by atoms with Gasteiger partial charge in [-0.25, -0.2) is 4.99 Å². The van der Waals surface area contributed by atoms with Gasteiger partial charge in [-0.15, -0.1) is 0 Å². The lowest BCUT2D eigenvalue weighted by molar-refractivity contribution is -0.137. The fraction of sp³-hybridized carbons (Fsp3) is 0.600. The number of nitrogens with zero attached hydrogens (tertiary/aromatic N) is 4. The van der Waals surface area contributed by atoms with E-state index in [1.807, 2.05) is 4.90 Å². The van der Waals surface area contributed by atoms with Gasteiger partial charge in [-0.2, -0.15) is 18.2 Å². The van der Waals surface area contributed by atoms with Crippen LogP contribution in [0.15, 0.2) is 28.2 Å². The molecule has 1 saturated heterocycles. The first-order valence-corrected chi connectivity index (χ1v) is 10.3. The Balaban J connectivity index is 1.81. The fourth-order valence-electron chi connectivity index (χ4n) is 4.76. The van der Waals surface area contributed by atoms with Crippen LogP contribution in [0.25, 0.3) is 0 Å². The summed E-state index contributed by atoms with van der Waals surface area (Å²) in [6, 6.07) is 4.51. The molecule has 1 spiro atoms. The number of alkyl halides is 3. The molecule has 158 valence electrons. The average molecular weight is 408 g/mol. The van der Waals surface area contributed by atoms with Crippen LogP contribution in [0.2, 0.25) is 0 Å². The normalized spacial score (nSPS) is 22.4. The van der Waals surface area contributed by atoms with Gasteiger partial charge in [-0.3, -0.25) is 4.90 Å². The van der Waals surface area contributed by atoms with Crippen molar-refractivity contribution in [1.29, 1.82) is 0 Å². The van der Waals surface area contributed by atoms with Crippen molar-refractivity contribution in [3.63, 3.8) is 0 Å². The van der Waals surface area contributed by atoms with E-state index in [9.17, 15) is 13.2 Å². The molecule has 1 aromatic carbocycles. The second kappa shape index (κ2) is 7.42. The zero-order valence-electron chi connectivity index (χ0n) is 16.4. The van der Waals surface area contributed by atoms with E-state index in [1.54, 1.807) is 6.07 Å². The van der Waals surface area contributed by atoms with Gasteiger partial charge >= 0.3 is 6.18 Å². The molecule has 1 saturated carbocycles. The third-order valence-corrected chi connectivity index (χ3v) is 6.10. The van der Waals surface area contributed by atoms with Gasteiger partial charge in [0.2, 0.25) is 11.9 Å². The summed E-state index contributed by atoms with van der Waals surface area (Å²) in [5, 5.41) is 0. The van der Waals surface area contributed by atoms with Crippen LogP contribution in [0.5, 0.6) is 0 Å².